The molecule has 0 aromatic rings. The molecule has 0 aliphatic rings. The van der Waals surface area contributed by atoms with Gasteiger partial charge >= 0.3 is 0 Å². The third kappa shape index (κ3) is 12.9. The predicted octanol–water partition coefficient (Wildman–Crippen LogP) is 3.93. The van der Waals surface area contributed by atoms with Crippen molar-refractivity contribution in [1.29, 1.82) is 0 Å². The Labute approximate surface area is 157 Å². The molecule has 0 aliphatic heterocycles. The van der Waals surface area contributed by atoms with Crippen molar-refractivity contribution in [2.24, 2.45) is 5.16 Å². The van der Waals surface area contributed by atoms with E-state index in [1.807, 2.05) is 0 Å². The van der Waals surface area contributed by atoms with E-state index < -0.39 is 25.0 Å². The molecule has 0 rings (SSSR count). The molecule has 0 aromatic carbocycles. The van der Waals surface area contributed by atoms with Crippen molar-refractivity contribution in [3.05, 3.63) is 0 Å². The maximum absolute atomic E-state index is 6.41. The number of hydrogen-bond acceptors (Lipinski definition) is 6. The molecule has 0 saturated carbocycles. The highest BCUT2D eigenvalue weighted by atomic mass is 28.4. The van der Waals surface area contributed by atoms with Gasteiger partial charge in [0, 0.05) is 7.11 Å². The molecule has 6 nitrogen and oxygen atoms in total. The van der Waals surface area contributed by atoms with Crippen LogP contribution in [0.15, 0.2) is 5.16 Å². The number of oxime groups is 1. The monoisotopic (exact) mass is 409 g/mol. The molecule has 0 heterocycles. The van der Waals surface area contributed by atoms with E-state index in [4.69, 9.17) is 22.9 Å². The summed E-state index contributed by atoms with van der Waals surface area (Å²) in [5, 5.41) is 3.93. The van der Waals surface area contributed by atoms with Crippen molar-refractivity contribution in [2.75, 3.05) is 20.8 Å². The van der Waals surface area contributed by atoms with Crippen molar-refractivity contribution >= 4 is 31.2 Å². The molecule has 0 amide bonds. The molecule has 25 heavy (non-hydrogen) atoms. The summed E-state index contributed by atoms with van der Waals surface area (Å²) in [4.78, 5) is 4.87. The summed E-state index contributed by atoms with van der Waals surface area (Å²) < 4.78 is 24.7. The van der Waals surface area contributed by atoms with Crippen LogP contribution in [0, 0.1) is 0 Å². The maximum atomic E-state index is 6.41. The van der Waals surface area contributed by atoms with E-state index in [2.05, 4.69) is 64.1 Å². The molecule has 0 unspecified atom stereocenters. The lowest BCUT2D eigenvalue weighted by Crippen LogP contribution is -2.52. The maximum Gasteiger partial charge on any atom is 0.184 e. The highest BCUT2D eigenvalue weighted by Crippen LogP contribution is 2.20. The minimum absolute atomic E-state index is 0.215. The minimum Gasteiger partial charge on any atom is -0.415 e. The zero-order valence-electron chi connectivity index (χ0n) is 18.0. The lowest BCUT2D eigenvalue weighted by Gasteiger charge is -2.37. The average molecular weight is 410 g/mol. The Bertz CT molecular complexity index is 402. The van der Waals surface area contributed by atoms with E-state index in [-0.39, 0.29) is 18.3 Å². The van der Waals surface area contributed by atoms with Crippen LogP contribution in [0.2, 0.25) is 58.9 Å². The summed E-state index contributed by atoms with van der Waals surface area (Å²) in [6, 6.07) is 0. The van der Waals surface area contributed by atoms with Crippen LogP contribution in [0.3, 0.4) is 0 Å². The van der Waals surface area contributed by atoms with E-state index in [1.165, 1.54) is 7.11 Å². The van der Waals surface area contributed by atoms with Crippen LogP contribution >= 0.6 is 0 Å². The van der Waals surface area contributed by atoms with Gasteiger partial charge in [0.1, 0.15) is 19.3 Å². The number of ether oxygens (including phenoxy) is 1. The van der Waals surface area contributed by atoms with Crippen molar-refractivity contribution in [2.45, 2.75) is 77.2 Å². The quantitative estimate of drug-likeness (QED) is 0.278. The second-order valence-corrected chi connectivity index (χ2v) is 22.5. The molecule has 0 bridgehead atoms. The van der Waals surface area contributed by atoms with E-state index in [0.29, 0.717) is 6.61 Å². The average Bonchev–Trinajstić information content (AvgIpc) is 2.38. The molecular weight excluding hydrogens is 370 g/mol. The summed E-state index contributed by atoms with van der Waals surface area (Å²) in [5.41, 5.74) is 0. The largest absolute Gasteiger partial charge is 0.415 e. The van der Waals surface area contributed by atoms with Crippen LogP contribution in [0.1, 0.15) is 0 Å². The van der Waals surface area contributed by atoms with Crippen LogP contribution in [-0.2, 0) is 22.9 Å². The first-order chi connectivity index (χ1) is 11.2. The third-order valence-electron chi connectivity index (χ3n) is 2.95. The summed E-state index contributed by atoms with van der Waals surface area (Å²) in [6.07, 6.45) is 0.798. The summed E-state index contributed by atoms with van der Waals surface area (Å²) >= 11 is 0. The van der Waals surface area contributed by atoms with Gasteiger partial charge in [0.2, 0.25) is 0 Å². The van der Waals surface area contributed by atoms with Crippen molar-refractivity contribution < 1.29 is 22.9 Å². The SMILES string of the molecule is CO/N=C/[C@H](O[Si](C)(C)C)[C@H](OC)[C@@H](CO[Si](C)(C)C)O[Si](C)(C)C. The smallest absolute Gasteiger partial charge is 0.184 e. The minimum atomic E-state index is -1.82. The molecule has 0 saturated heterocycles. The summed E-state index contributed by atoms with van der Waals surface area (Å²) in [6.45, 7) is 19.9. The van der Waals surface area contributed by atoms with E-state index in [0.717, 1.165) is 0 Å². The second-order valence-electron chi connectivity index (χ2n) is 9.02. The van der Waals surface area contributed by atoms with E-state index >= 15 is 0 Å². The van der Waals surface area contributed by atoms with Gasteiger partial charge in [-0.25, -0.2) is 0 Å². The van der Waals surface area contributed by atoms with Crippen LogP contribution in [0.4, 0.5) is 0 Å². The first kappa shape index (κ1) is 25.0. The van der Waals surface area contributed by atoms with Gasteiger partial charge in [-0.1, -0.05) is 5.16 Å². The Balaban J connectivity index is 5.53. The molecule has 9 heteroatoms. The fourth-order valence-corrected chi connectivity index (χ4v) is 4.98. The van der Waals surface area contributed by atoms with Gasteiger partial charge in [-0.15, -0.1) is 0 Å². The standard InChI is InChI=1S/C16H39NO5Si3/c1-18-16(14(12-17-19-2)21-24(6,7)8)15(22-25(9,10)11)13-20-23(3,4)5/h12,14-16H,13H2,1-11H3/b17-12+/t14-,15+,16-/m0/s1. The highest BCUT2D eigenvalue weighted by molar-refractivity contribution is 6.70. The Morgan fingerprint density at radius 1 is 0.800 bits per heavy atom. The number of nitrogens with zero attached hydrogens (tertiary/aromatic N) is 1. The molecule has 0 fully saturated rings. The van der Waals surface area contributed by atoms with Gasteiger partial charge in [0.05, 0.1) is 18.9 Å². The van der Waals surface area contributed by atoms with Gasteiger partial charge in [-0.2, -0.15) is 0 Å². The Kier molecular flexibility index (Phi) is 10.3. The number of hydrogen-bond donors (Lipinski definition) is 0. The lowest BCUT2D eigenvalue weighted by atomic mass is 10.1. The molecule has 0 aliphatic carbocycles. The predicted molar refractivity (Wildman–Crippen MR) is 112 cm³/mol. The van der Waals surface area contributed by atoms with Gasteiger partial charge < -0.3 is 22.9 Å². The molecule has 0 N–H and O–H groups in total. The van der Waals surface area contributed by atoms with E-state index in [9.17, 15) is 0 Å². The molecule has 0 spiro atoms. The topological polar surface area (TPSA) is 58.5 Å². The van der Waals surface area contributed by atoms with Crippen molar-refractivity contribution in [3.63, 3.8) is 0 Å². The zero-order valence-corrected chi connectivity index (χ0v) is 21.0. The van der Waals surface area contributed by atoms with Crippen molar-refractivity contribution in [1.82, 2.24) is 0 Å². The highest BCUT2D eigenvalue weighted by Gasteiger charge is 2.37. The first-order valence-corrected chi connectivity index (χ1v) is 19.0. The van der Waals surface area contributed by atoms with E-state index in [1.54, 1.807) is 13.3 Å². The summed E-state index contributed by atoms with van der Waals surface area (Å²) in [5.74, 6) is 0. The second kappa shape index (κ2) is 10.3. The fourth-order valence-electron chi connectivity index (χ4n) is 2.19. The molecule has 0 radical (unpaired) electrons. The van der Waals surface area contributed by atoms with Crippen LogP contribution in [0.25, 0.3) is 0 Å². The van der Waals surface area contributed by atoms with Crippen molar-refractivity contribution in [3.8, 4) is 0 Å². The molecule has 3 atom stereocenters. The van der Waals surface area contributed by atoms with Gasteiger partial charge in [0.25, 0.3) is 0 Å². The van der Waals surface area contributed by atoms with Crippen LogP contribution in [0.5, 0.6) is 0 Å². The zero-order chi connectivity index (χ0) is 19.9. The number of methoxy groups -OCH3 is 1. The first-order valence-electron chi connectivity index (χ1n) is 8.77. The van der Waals surface area contributed by atoms with Gasteiger partial charge in [-0.05, 0) is 58.9 Å². The number of rotatable bonds is 12. The fraction of sp³-hybridized carbons (Fsp3) is 0.938. The molecule has 150 valence electrons. The van der Waals surface area contributed by atoms with Gasteiger partial charge in [0.15, 0.2) is 25.0 Å². The Hall–Kier alpha value is -0.0394. The lowest BCUT2D eigenvalue weighted by molar-refractivity contribution is -0.0612. The molecule has 0 aromatic heterocycles. The normalized spacial score (nSPS) is 17.6. The van der Waals surface area contributed by atoms with Crippen LogP contribution in [-0.4, -0.2) is 70.3 Å². The molecular formula is C16H39NO5Si3. The van der Waals surface area contributed by atoms with Crippen LogP contribution < -0.4 is 0 Å². The summed E-state index contributed by atoms with van der Waals surface area (Å²) in [7, 11) is -2.08. The van der Waals surface area contributed by atoms with Gasteiger partial charge in [-0.3, -0.25) is 0 Å². The Morgan fingerprint density at radius 3 is 1.68 bits per heavy atom. The Morgan fingerprint density at radius 2 is 1.32 bits per heavy atom. The third-order valence-corrected chi connectivity index (χ3v) is 5.97.